The lowest BCUT2D eigenvalue weighted by molar-refractivity contribution is 0.102. The molecule has 0 spiro atoms. The van der Waals surface area contributed by atoms with Crippen LogP contribution < -0.4 is 4.90 Å². The zero-order valence-corrected chi connectivity index (χ0v) is 14.3. The highest BCUT2D eigenvalue weighted by atomic mass is 35.5. The molecule has 1 aliphatic heterocycles. The molecule has 1 aromatic carbocycles. The maximum absolute atomic E-state index is 12.3. The third kappa shape index (κ3) is 4.24. The van der Waals surface area contributed by atoms with Crippen LogP contribution in [-0.4, -0.2) is 34.6 Å². The summed E-state index contributed by atoms with van der Waals surface area (Å²) in [5.41, 5.74) is 0.672. The number of carbonyl (C=O) groups is 1. The molecular weight excluding hydrogens is 330 g/mol. The average molecular weight is 348 g/mol. The van der Waals surface area contributed by atoms with Crippen molar-refractivity contribution in [1.29, 1.82) is 0 Å². The molecule has 0 unspecified atom stereocenters. The molecule has 0 bridgehead atoms. The molecule has 23 heavy (non-hydrogen) atoms. The summed E-state index contributed by atoms with van der Waals surface area (Å²) in [6, 6.07) is 6.99. The summed E-state index contributed by atoms with van der Waals surface area (Å²) in [5.74, 6) is 1.32. The molecule has 0 radical (unpaired) electrons. The van der Waals surface area contributed by atoms with Crippen LogP contribution in [0.2, 0.25) is 5.02 Å². The molecule has 6 heteroatoms. The first kappa shape index (κ1) is 16.3. The van der Waals surface area contributed by atoms with Gasteiger partial charge in [0.05, 0.1) is 5.75 Å². The van der Waals surface area contributed by atoms with Gasteiger partial charge in [0, 0.05) is 36.1 Å². The minimum atomic E-state index is 0.0712. The Balaban J connectivity index is 1.68. The van der Waals surface area contributed by atoms with Crippen LogP contribution in [0.4, 0.5) is 5.82 Å². The highest BCUT2D eigenvalue weighted by Gasteiger charge is 2.18. The lowest BCUT2D eigenvalue weighted by atomic mass is 10.1. The predicted octanol–water partition coefficient (Wildman–Crippen LogP) is 4.10. The zero-order valence-electron chi connectivity index (χ0n) is 12.7. The van der Waals surface area contributed by atoms with E-state index in [4.69, 9.17) is 11.6 Å². The van der Waals surface area contributed by atoms with Crippen molar-refractivity contribution in [3.05, 3.63) is 47.2 Å². The van der Waals surface area contributed by atoms with Gasteiger partial charge in [0.1, 0.15) is 5.03 Å². The fraction of sp³-hybridized carbons (Fsp3) is 0.353. The number of rotatable bonds is 5. The largest absolute Gasteiger partial charge is 0.354 e. The first-order chi connectivity index (χ1) is 11.2. The van der Waals surface area contributed by atoms with Crippen molar-refractivity contribution in [3.63, 3.8) is 0 Å². The van der Waals surface area contributed by atoms with E-state index in [1.54, 1.807) is 36.7 Å². The maximum Gasteiger partial charge on any atom is 0.173 e. The molecular formula is C17H18ClN3OS. The van der Waals surface area contributed by atoms with Gasteiger partial charge >= 0.3 is 0 Å². The van der Waals surface area contributed by atoms with Crippen LogP contribution in [0.5, 0.6) is 0 Å². The molecule has 0 amide bonds. The Morgan fingerprint density at radius 3 is 2.52 bits per heavy atom. The molecule has 0 aliphatic carbocycles. The SMILES string of the molecule is O=C(CSc1nccnc1N1CCCCC1)c1ccc(Cl)cc1. The van der Waals surface area contributed by atoms with Crippen molar-refractivity contribution in [2.75, 3.05) is 23.7 Å². The van der Waals surface area contributed by atoms with E-state index in [1.165, 1.54) is 31.0 Å². The zero-order chi connectivity index (χ0) is 16.1. The summed E-state index contributed by atoms with van der Waals surface area (Å²) >= 11 is 7.31. The monoisotopic (exact) mass is 347 g/mol. The number of Topliss-reactive ketones (excluding diaryl/α,β-unsaturated/α-hetero) is 1. The molecule has 2 aromatic rings. The summed E-state index contributed by atoms with van der Waals surface area (Å²) in [6.07, 6.45) is 7.04. The Labute approximate surface area is 145 Å². The Hall–Kier alpha value is -1.59. The van der Waals surface area contributed by atoms with Crippen molar-refractivity contribution in [2.45, 2.75) is 24.3 Å². The van der Waals surface area contributed by atoms with Crippen LogP contribution in [0.1, 0.15) is 29.6 Å². The third-order valence-electron chi connectivity index (χ3n) is 3.81. The fourth-order valence-electron chi connectivity index (χ4n) is 2.60. The first-order valence-electron chi connectivity index (χ1n) is 7.71. The van der Waals surface area contributed by atoms with Crippen molar-refractivity contribution < 1.29 is 4.79 Å². The second kappa shape index (κ2) is 7.79. The van der Waals surface area contributed by atoms with Gasteiger partial charge in [-0.2, -0.15) is 0 Å². The molecule has 4 nitrogen and oxygen atoms in total. The number of carbonyl (C=O) groups excluding carboxylic acids is 1. The van der Waals surface area contributed by atoms with Crippen molar-refractivity contribution in [2.24, 2.45) is 0 Å². The number of benzene rings is 1. The number of nitrogens with zero attached hydrogens (tertiary/aromatic N) is 3. The van der Waals surface area contributed by atoms with Gasteiger partial charge in [-0.25, -0.2) is 9.97 Å². The van der Waals surface area contributed by atoms with Gasteiger partial charge < -0.3 is 4.90 Å². The number of halogens is 1. The predicted molar refractivity (Wildman–Crippen MR) is 94.6 cm³/mol. The van der Waals surface area contributed by atoms with Crippen LogP contribution in [0, 0.1) is 0 Å². The number of ketones is 1. The fourth-order valence-corrected chi connectivity index (χ4v) is 3.60. The van der Waals surface area contributed by atoms with Gasteiger partial charge in [-0.15, -0.1) is 0 Å². The summed E-state index contributed by atoms with van der Waals surface area (Å²) in [7, 11) is 0. The van der Waals surface area contributed by atoms with E-state index in [0.29, 0.717) is 16.3 Å². The van der Waals surface area contributed by atoms with Gasteiger partial charge in [-0.1, -0.05) is 23.4 Å². The van der Waals surface area contributed by atoms with E-state index >= 15 is 0 Å². The standard InChI is InChI=1S/C17H18ClN3OS/c18-14-6-4-13(5-7-14)15(22)12-23-17-16(19-8-9-20-17)21-10-2-1-3-11-21/h4-9H,1-3,10-12H2. The molecule has 120 valence electrons. The number of hydrogen-bond donors (Lipinski definition) is 0. The number of anilines is 1. The second-order valence-corrected chi connectivity index (χ2v) is 6.85. The van der Waals surface area contributed by atoms with E-state index in [9.17, 15) is 4.79 Å². The molecule has 3 rings (SSSR count). The van der Waals surface area contributed by atoms with Crippen LogP contribution in [0.15, 0.2) is 41.7 Å². The Morgan fingerprint density at radius 1 is 1.09 bits per heavy atom. The van der Waals surface area contributed by atoms with Gasteiger partial charge in [-0.05, 0) is 43.5 Å². The number of hydrogen-bond acceptors (Lipinski definition) is 5. The average Bonchev–Trinajstić information content (AvgIpc) is 2.61. The van der Waals surface area contributed by atoms with Crippen LogP contribution in [0.25, 0.3) is 0 Å². The van der Waals surface area contributed by atoms with Gasteiger partial charge in [0.25, 0.3) is 0 Å². The Kier molecular flexibility index (Phi) is 5.51. The molecule has 1 aromatic heterocycles. The first-order valence-corrected chi connectivity index (χ1v) is 9.08. The van der Waals surface area contributed by atoms with Crippen LogP contribution in [-0.2, 0) is 0 Å². The molecule has 0 atom stereocenters. The number of piperidine rings is 1. The van der Waals surface area contributed by atoms with Gasteiger partial charge in [0.2, 0.25) is 0 Å². The number of aromatic nitrogens is 2. The summed E-state index contributed by atoms with van der Waals surface area (Å²) < 4.78 is 0. The number of thioether (sulfide) groups is 1. The molecule has 1 saturated heterocycles. The van der Waals surface area contributed by atoms with E-state index < -0.39 is 0 Å². The van der Waals surface area contributed by atoms with Gasteiger partial charge in [-0.3, -0.25) is 4.79 Å². The van der Waals surface area contributed by atoms with Crippen molar-refractivity contribution in [3.8, 4) is 0 Å². The van der Waals surface area contributed by atoms with E-state index in [1.807, 2.05) is 0 Å². The highest BCUT2D eigenvalue weighted by Crippen LogP contribution is 2.28. The topological polar surface area (TPSA) is 46.1 Å². The highest BCUT2D eigenvalue weighted by molar-refractivity contribution is 8.00. The summed E-state index contributed by atoms with van der Waals surface area (Å²) in [5, 5.41) is 1.47. The molecule has 1 aliphatic rings. The molecule has 0 N–H and O–H groups in total. The van der Waals surface area contributed by atoms with E-state index in [2.05, 4.69) is 14.9 Å². The van der Waals surface area contributed by atoms with Crippen molar-refractivity contribution in [1.82, 2.24) is 9.97 Å². The Morgan fingerprint density at radius 2 is 1.78 bits per heavy atom. The summed E-state index contributed by atoms with van der Waals surface area (Å²) in [6.45, 7) is 2.02. The smallest absolute Gasteiger partial charge is 0.173 e. The normalized spacial score (nSPS) is 14.7. The van der Waals surface area contributed by atoms with Crippen molar-refractivity contribution >= 4 is 35.0 Å². The molecule has 0 saturated carbocycles. The maximum atomic E-state index is 12.3. The third-order valence-corrected chi connectivity index (χ3v) is 5.03. The minimum Gasteiger partial charge on any atom is -0.354 e. The lowest BCUT2D eigenvalue weighted by Crippen LogP contribution is -2.30. The van der Waals surface area contributed by atoms with Crippen LogP contribution in [0.3, 0.4) is 0 Å². The second-order valence-electron chi connectivity index (χ2n) is 5.45. The van der Waals surface area contributed by atoms with E-state index in [0.717, 1.165) is 23.9 Å². The molecule has 1 fully saturated rings. The summed E-state index contributed by atoms with van der Waals surface area (Å²) in [4.78, 5) is 23.5. The molecule has 2 heterocycles. The Bertz CT molecular complexity index is 672. The quantitative estimate of drug-likeness (QED) is 0.602. The van der Waals surface area contributed by atoms with Gasteiger partial charge in [0.15, 0.2) is 11.6 Å². The lowest BCUT2D eigenvalue weighted by Gasteiger charge is -2.28. The minimum absolute atomic E-state index is 0.0712. The van der Waals surface area contributed by atoms with Crippen LogP contribution >= 0.6 is 23.4 Å². The van der Waals surface area contributed by atoms with E-state index in [-0.39, 0.29) is 5.78 Å².